The summed E-state index contributed by atoms with van der Waals surface area (Å²) in [6.07, 6.45) is 7.92. The van der Waals surface area contributed by atoms with E-state index in [4.69, 9.17) is 38.4 Å². The number of aliphatic hydroxyl groups excluding tert-OH is 2. The van der Waals surface area contributed by atoms with Gasteiger partial charge in [0.2, 0.25) is 11.7 Å². The van der Waals surface area contributed by atoms with Gasteiger partial charge in [0.05, 0.1) is 51.7 Å². The molecule has 6 unspecified atom stereocenters. The number of fused-ring (bicyclic) bond motifs is 2. The van der Waals surface area contributed by atoms with Crippen LogP contribution in [0.3, 0.4) is 0 Å². The minimum Gasteiger partial charge on any atom is -0.497 e. The van der Waals surface area contributed by atoms with E-state index < -0.39 is 29.4 Å². The molecule has 2 amide bonds. The SMILES string of the molecule is C=CCOC12Oc3ccc(OC(=O)Nc4ccc(OC)cc4OC)cc3C3C(CCCCO)C(CCCCO)C=C(C(=NOC(C)(C)C)CC1N(C)C(=O)Cc1cccc(OC)c1)C32. The Morgan fingerprint density at radius 3 is 2.34 bits per heavy atom. The van der Waals surface area contributed by atoms with Crippen LogP contribution in [-0.2, 0) is 20.8 Å². The van der Waals surface area contributed by atoms with Gasteiger partial charge in [0, 0.05) is 44.2 Å². The number of nitrogens with one attached hydrogen (secondary N) is 1. The normalized spacial score (nSPS) is 22.8. The number of hydrogen-bond acceptors (Lipinski definition) is 12. The molecule has 2 aliphatic carbocycles. The van der Waals surface area contributed by atoms with Gasteiger partial charge in [-0.2, -0.15) is 0 Å². The number of allylic oxidation sites excluding steroid dienone is 1. The number of oxime groups is 1. The lowest BCUT2D eigenvalue weighted by Gasteiger charge is -2.59. The summed E-state index contributed by atoms with van der Waals surface area (Å²) < 4.78 is 36.6. The largest absolute Gasteiger partial charge is 0.497 e. The maximum absolute atomic E-state index is 14.6. The van der Waals surface area contributed by atoms with Crippen LogP contribution >= 0.6 is 0 Å². The first-order valence-corrected chi connectivity index (χ1v) is 22.2. The van der Waals surface area contributed by atoms with Gasteiger partial charge in [-0.15, -0.1) is 6.58 Å². The van der Waals surface area contributed by atoms with Gasteiger partial charge in [0.25, 0.3) is 0 Å². The van der Waals surface area contributed by atoms with E-state index in [1.165, 1.54) is 7.11 Å². The van der Waals surface area contributed by atoms with Gasteiger partial charge in [-0.1, -0.05) is 42.3 Å². The van der Waals surface area contributed by atoms with Gasteiger partial charge < -0.3 is 48.4 Å². The van der Waals surface area contributed by atoms with Crippen molar-refractivity contribution in [2.75, 3.05) is 53.5 Å². The van der Waals surface area contributed by atoms with Gasteiger partial charge in [-0.25, -0.2) is 4.79 Å². The standard InChI is InChI=1S/C50H65N3O11/c1-9-25-61-50-44(53(5)45(56)27-32-15-14-17-34(26-32)58-6)31-41(52-64-49(2,3)4)38-28-33(16-10-12-23-54)37(18-11-13-24-55)46(47(38)50)39-29-36(20-22-42(39)63-50)62-48(57)51-40-21-19-35(59-7)30-43(40)60-8/h9,14-15,17,19-22,26,28-30,33,37,44,46-47,54-55H,1,10-13,16,18,23-25,27,31H2,2-8H3,(H,51,57). The Hall–Kier alpha value is -5.57. The van der Waals surface area contributed by atoms with E-state index in [2.05, 4.69) is 18.0 Å². The van der Waals surface area contributed by atoms with Crippen LogP contribution in [0.2, 0.25) is 0 Å². The van der Waals surface area contributed by atoms with E-state index in [1.54, 1.807) is 62.6 Å². The van der Waals surface area contributed by atoms with Crippen LogP contribution in [0.4, 0.5) is 10.5 Å². The van der Waals surface area contributed by atoms with E-state index in [-0.39, 0.29) is 62.1 Å². The summed E-state index contributed by atoms with van der Waals surface area (Å²) in [4.78, 5) is 36.0. The highest BCUT2D eigenvalue weighted by Crippen LogP contribution is 2.62. The van der Waals surface area contributed by atoms with Crippen molar-refractivity contribution in [2.45, 2.75) is 95.5 Å². The molecule has 0 aromatic heterocycles. The molecule has 0 bridgehead atoms. The number of aliphatic hydroxyl groups is 2. The maximum Gasteiger partial charge on any atom is 0.417 e. The number of hydrogen-bond donors (Lipinski definition) is 3. The van der Waals surface area contributed by atoms with E-state index in [0.29, 0.717) is 47.2 Å². The van der Waals surface area contributed by atoms with Gasteiger partial charge in [0.1, 0.15) is 40.4 Å². The topological polar surface area (TPSA) is 167 Å². The smallest absolute Gasteiger partial charge is 0.417 e. The van der Waals surface area contributed by atoms with Crippen molar-refractivity contribution in [1.82, 2.24) is 4.90 Å². The molecule has 3 N–H and O–H groups in total. The second-order valence-corrected chi connectivity index (χ2v) is 17.6. The molecule has 0 spiro atoms. The fraction of sp³-hybridized carbons (Fsp3) is 0.500. The minimum absolute atomic E-state index is 0.0174. The highest BCUT2D eigenvalue weighted by molar-refractivity contribution is 6.03. The van der Waals surface area contributed by atoms with Crippen LogP contribution in [-0.4, -0.2) is 98.5 Å². The van der Waals surface area contributed by atoms with Crippen LogP contribution in [0, 0.1) is 17.8 Å². The molecule has 3 aromatic carbocycles. The molecule has 1 fully saturated rings. The molecule has 0 radical (unpaired) electrons. The van der Waals surface area contributed by atoms with Crippen molar-refractivity contribution < 1.29 is 53.1 Å². The van der Waals surface area contributed by atoms with Gasteiger partial charge in [-0.3, -0.25) is 10.1 Å². The Morgan fingerprint density at radius 2 is 1.66 bits per heavy atom. The third-order valence-corrected chi connectivity index (χ3v) is 12.3. The molecule has 346 valence electrons. The lowest BCUT2D eigenvalue weighted by Crippen LogP contribution is -2.69. The first-order chi connectivity index (χ1) is 30.8. The number of ether oxygens (including phenoxy) is 6. The third-order valence-electron chi connectivity index (χ3n) is 12.3. The van der Waals surface area contributed by atoms with Crippen molar-refractivity contribution >= 4 is 23.4 Å². The number of likely N-dealkylation sites (N-methyl/N-ethyl adjacent to an activating group) is 1. The van der Waals surface area contributed by atoms with E-state index in [1.807, 2.05) is 51.1 Å². The number of methoxy groups -OCH3 is 3. The Morgan fingerprint density at radius 1 is 0.938 bits per heavy atom. The maximum atomic E-state index is 14.6. The fourth-order valence-electron chi connectivity index (χ4n) is 9.38. The summed E-state index contributed by atoms with van der Waals surface area (Å²) in [5.74, 6) is -0.0134. The second kappa shape index (κ2) is 21.4. The van der Waals surface area contributed by atoms with Crippen LogP contribution < -0.4 is 29.0 Å². The summed E-state index contributed by atoms with van der Waals surface area (Å²) in [7, 11) is 6.43. The third kappa shape index (κ3) is 10.8. The number of rotatable bonds is 20. The van der Waals surface area contributed by atoms with Crippen molar-refractivity contribution in [1.29, 1.82) is 0 Å². The predicted molar refractivity (Wildman–Crippen MR) is 244 cm³/mol. The minimum atomic E-state index is -1.44. The summed E-state index contributed by atoms with van der Waals surface area (Å²) in [5.41, 5.74) is 2.96. The number of unbranched alkanes of at least 4 members (excludes halogenated alkanes) is 2. The Balaban J connectivity index is 1.51. The zero-order chi connectivity index (χ0) is 46.0. The molecule has 3 aliphatic rings. The second-order valence-electron chi connectivity index (χ2n) is 17.6. The first-order valence-electron chi connectivity index (χ1n) is 22.2. The molecule has 6 atom stereocenters. The highest BCUT2D eigenvalue weighted by Gasteiger charge is 2.65. The van der Waals surface area contributed by atoms with Crippen LogP contribution in [0.15, 0.2) is 90.1 Å². The van der Waals surface area contributed by atoms with Gasteiger partial charge >= 0.3 is 6.09 Å². The fourth-order valence-corrected chi connectivity index (χ4v) is 9.38. The molecule has 64 heavy (non-hydrogen) atoms. The number of anilines is 1. The molecule has 3 aromatic rings. The van der Waals surface area contributed by atoms with Gasteiger partial charge in [0.15, 0.2) is 0 Å². The molecule has 1 heterocycles. The van der Waals surface area contributed by atoms with E-state index in [0.717, 1.165) is 42.4 Å². The lowest BCUT2D eigenvalue weighted by atomic mass is 9.55. The highest BCUT2D eigenvalue weighted by atomic mass is 16.7. The number of nitrogens with zero attached hydrogens (tertiary/aromatic N) is 2. The van der Waals surface area contributed by atoms with Crippen molar-refractivity contribution in [3.05, 3.63) is 96.1 Å². The van der Waals surface area contributed by atoms with E-state index in [9.17, 15) is 19.8 Å². The zero-order valence-electron chi connectivity index (χ0n) is 38.3. The number of carbonyl (C=O) groups is 2. The summed E-state index contributed by atoms with van der Waals surface area (Å²) in [6, 6.07) is 17.2. The Kier molecular flexibility index (Phi) is 16.0. The zero-order valence-corrected chi connectivity index (χ0v) is 38.3. The van der Waals surface area contributed by atoms with Crippen molar-refractivity contribution in [3.8, 4) is 28.7 Å². The van der Waals surface area contributed by atoms with Crippen molar-refractivity contribution in [3.63, 3.8) is 0 Å². The molecule has 14 nitrogen and oxygen atoms in total. The average Bonchev–Trinajstić information content (AvgIpc) is 3.28. The van der Waals surface area contributed by atoms with Crippen LogP contribution in [0.1, 0.15) is 82.8 Å². The van der Waals surface area contributed by atoms with Crippen LogP contribution in [0.5, 0.6) is 28.7 Å². The first kappa shape index (κ1) is 47.9. The van der Waals surface area contributed by atoms with Gasteiger partial charge in [-0.05, 0) is 112 Å². The summed E-state index contributed by atoms with van der Waals surface area (Å²) in [5, 5.41) is 27.5. The Bertz CT molecular complexity index is 2170. The van der Waals surface area contributed by atoms with Crippen LogP contribution in [0.25, 0.3) is 0 Å². The quantitative estimate of drug-likeness (QED) is 0.0566. The molecular weight excluding hydrogens is 819 g/mol. The van der Waals surface area contributed by atoms with E-state index >= 15 is 0 Å². The predicted octanol–water partition coefficient (Wildman–Crippen LogP) is 8.46. The molecule has 1 saturated carbocycles. The molecule has 14 heteroatoms. The Labute approximate surface area is 377 Å². The molecule has 1 aliphatic heterocycles. The molecular formula is C50H65N3O11. The summed E-state index contributed by atoms with van der Waals surface area (Å²) in [6.45, 7) is 10.1. The number of benzene rings is 3. The monoisotopic (exact) mass is 883 g/mol. The average molecular weight is 884 g/mol. The van der Waals surface area contributed by atoms with Crippen molar-refractivity contribution in [2.24, 2.45) is 22.9 Å². The molecule has 0 saturated heterocycles. The lowest BCUT2D eigenvalue weighted by molar-refractivity contribution is -0.255. The number of carbonyl (C=O) groups excluding carboxylic acids is 2. The number of amides is 2. The summed E-state index contributed by atoms with van der Waals surface area (Å²) >= 11 is 0. The molecule has 6 rings (SSSR count).